The SMILES string of the molecule is CC[C@H]1CN2CCc3cc(OC)c(OC)cc3C2C[C@@H]1C[C@H]1[I-]C2(CCCCN2)CCc2cc(OC)c(OC)cc21. The number of methoxy groups -OCH3 is 4. The molecule has 0 aromatic heterocycles. The average molecular weight is 676 g/mol. The normalized spacial score (nSPS) is 29.8. The number of hydrogen-bond acceptors (Lipinski definition) is 6. The fourth-order valence-corrected chi connectivity index (χ4v) is 13.1. The van der Waals surface area contributed by atoms with E-state index in [1.807, 2.05) is 0 Å². The van der Waals surface area contributed by atoms with E-state index in [0.717, 1.165) is 48.3 Å². The quantitative estimate of drug-likeness (QED) is 0.277. The molecule has 0 saturated carbocycles. The van der Waals surface area contributed by atoms with Crippen LogP contribution in [0.25, 0.3) is 0 Å². The zero-order valence-corrected chi connectivity index (χ0v) is 27.7. The standard InChI is InChI=1S/C34H48IN2O4/c1-6-22-21-37-14-10-24-18-31(39-3)33(41-5)20-27(24)29(37)16-25(22)15-28-26-19-32(40-4)30(38-2)17-23(26)9-12-34(35-28)11-7-8-13-36-34/h17-20,22,25,28-29,36H,6-16,21H2,1-5H3/q-1/t22-,25-,28+,29?,34?/m0/s1. The molecule has 226 valence electrons. The Kier molecular flexibility index (Phi) is 8.95. The molecule has 2 saturated heterocycles. The molecule has 5 atom stereocenters. The zero-order chi connectivity index (χ0) is 28.6. The van der Waals surface area contributed by atoms with E-state index in [4.69, 9.17) is 18.9 Å². The molecular weight excluding hydrogens is 627 g/mol. The van der Waals surface area contributed by atoms with Crippen LogP contribution in [-0.4, -0.2) is 56.5 Å². The maximum atomic E-state index is 5.85. The van der Waals surface area contributed by atoms with E-state index < -0.39 is 0 Å². The Morgan fingerprint density at radius 1 is 0.829 bits per heavy atom. The van der Waals surface area contributed by atoms with Crippen molar-refractivity contribution in [3.8, 4) is 23.0 Å². The average Bonchev–Trinajstić information content (AvgIpc) is 3.15. The van der Waals surface area contributed by atoms with Crippen molar-refractivity contribution >= 4 is 0 Å². The fraction of sp³-hybridized carbons (Fsp3) is 0.647. The summed E-state index contributed by atoms with van der Waals surface area (Å²) in [6, 6.07) is 9.62. The van der Waals surface area contributed by atoms with Crippen LogP contribution in [-0.2, 0) is 12.8 Å². The third-order valence-corrected chi connectivity index (χ3v) is 14.9. The van der Waals surface area contributed by atoms with Gasteiger partial charge in [-0.15, -0.1) is 0 Å². The summed E-state index contributed by atoms with van der Waals surface area (Å²) in [6.45, 7) is 5.93. The van der Waals surface area contributed by atoms with Gasteiger partial charge in [0, 0.05) is 0 Å². The van der Waals surface area contributed by atoms with Gasteiger partial charge < -0.3 is 0 Å². The molecule has 7 heteroatoms. The Morgan fingerprint density at radius 2 is 1.49 bits per heavy atom. The van der Waals surface area contributed by atoms with Gasteiger partial charge in [-0.25, -0.2) is 0 Å². The Hall–Kier alpha value is -1.71. The van der Waals surface area contributed by atoms with Gasteiger partial charge in [-0.1, -0.05) is 0 Å². The summed E-state index contributed by atoms with van der Waals surface area (Å²) < 4.78 is 24.0. The number of fused-ring (bicyclic) bond motifs is 4. The molecule has 2 aromatic rings. The van der Waals surface area contributed by atoms with Crippen LogP contribution in [0.3, 0.4) is 0 Å². The molecule has 0 amide bonds. The molecule has 2 fully saturated rings. The summed E-state index contributed by atoms with van der Waals surface area (Å²) in [7, 11) is 7.05. The maximum absolute atomic E-state index is 5.85. The second-order valence-electron chi connectivity index (χ2n) is 12.4. The van der Waals surface area contributed by atoms with Gasteiger partial charge in [-0.2, -0.15) is 0 Å². The molecule has 4 heterocycles. The predicted molar refractivity (Wildman–Crippen MR) is 159 cm³/mol. The molecule has 0 bridgehead atoms. The number of piperidine rings is 2. The number of nitrogens with zero attached hydrogens (tertiary/aromatic N) is 1. The van der Waals surface area contributed by atoms with Gasteiger partial charge in [0.05, 0.1) is 0 Å². The van der Waals surface area contributed by atoms with Crippen molar-refractivity contribution in [2.24, 2.45) is 11.8 Å². The molecule has 41 heavy (non-hydrogen) atoms. The number of rotatable bonds is 7. The molecule has 6 rings (SSSR count). The number of alkyl halides is 2. The van der Waals surface area contributed by atoms with E-state index in [9.17, 15) is 0 Å². The summed E-state index contributed by atoms with van der Waals surface area (Å²) in [5, 5.41) is 4.09. The molecule has 0 radical (unpaired) electrons. The van der Waals surface area contributed by atoms with Gasteiger partial charge in [-0.05, 0) is 0 Å². The number of halogens is 1. The summed E-state index contributed by atoms with van der Waals surface area (Å²) in [4.78, 5) is 2.77. The second kappa shape index (κ2) is 12.5. The van der Waals surface area contributed by atoms with E-state index in [0.29, 0.717) is 19.4 Å². The number of hydrogen-bond donors (Lipinski definition) is 1. The summed E-state index contributed by atoms with van der Waals surface area (Å²) in [5.41, 5.74) is 5.93. The zero-order valence-electron chi connectivity index (χ0n) is 25.6. The summed E-state index contributed by atoms with van der Waals surface area (Å²) >= 11 is -0.106. The first-order chi connectivity index (χ1) is 20.0. The first-order valence-corrected chi connectivity index (χ1v) is 18.0. The van der Waals surface area contributed by atoms with Crippen molar-refractivity contribution in [1.29, 1.82) is 0 Å². The van der Waals surface area contributed by atoms with Crippen molar-refractivity contribution in [3.05, 3.63) is 46.5 Å². The monoisotopic (exact) mass is 675 g/mol. The van der Waals surface area contributed by atoms with Gasteiger partial charge >= 0.3 is 258 Å². The second-order valence-corrected chi connectivity index (χ2v) is 16.6. The van der Waals surface area contributed by atoms with Crippen LogP contribution in [0, 0.1) is 11.8 Å². The Morgan fingerprint density at radius 3 is 2.12 bits per heavy atom. The minimum atomic E-state index is -0.106. The molecular formula is C34H48IN2O4-. The van der Waals surface area contributed by atoms with Crippen molar-refractivity contribution in [2.75, 3.05) is 48.1 Å². The minimum absolute atomic E-state index is 0.106. The van der Waals surface area contributed by atoms with Crippen molar-refractivity contribution < 1.29 is 40.2 Å². The summed E-state index contributed by atoms with van der Waals surface area (Å²) in [5.74, 6) is 4.91. The molecule has 1 N–H and O–H groups in total. The first kappa shape index (κ1) is 29.4. The predicted octanol–water partition coefficient (Wildman–Crippen LogP) is 3.30. The number of aryl methyl sites for hydroxylation is 1. The third-order valence-electron chi connectivity index (χ3n) is 10.4. The van der Waals surface area contributed by atoms with Crippen molar-refractivity contribution in [1.82, 2.24) is 10.2 Å². The van der Waals surface area contributed by atoms with Gasteiger partial charge in [0.1, 0.15) is 0 Å². The molecule has 1 spiro atoms. The van der Waals surface area contributed by atoms with E-state index in [-0.39, 0.29) is 21.2 Å². The van der Waals surface area contributed by atoms with E-state index in [1.54, 1.807) is 34.0 Å². The van der Waals surface area contributed by atoms with Gasteiger partial charge in [0.25, 0.3) is 0 Å². The van der Waals surface area contributed by atoms with Crippen LogP contribution < -0.4 is 45.5 Å². The molecule has 4 aliphatic rings. The number of benzene rings is 2. The molecule has 2 unspecified atom stereocenters. The van der Waals surface area contributed by atoms with E-state index >= 15 is 0 Å². The third kappa shape index (κ3) is 5.67. The van der Waals surface area contributed by atoms with E-state index in [2.05, 4.69) is 41.4 Å². The van der Waals surface area contributed by atoms with Crippen LogP contribution in [0.4, 0.5) is 0 Å². The number of ether oxygens (including phenoxy) is 4. The van der Waals surface area contributed by atoms with Gasteiger partial charge in [0.2, 0.25) is 0 Å². The molecule has 2 aromatic carbocycles. The van der Waals surface area contributed by atoms with Crippen LogP contribution in [0.1, 0.15) is 84.1 Å². The topological polar surface area (TPSA) is 52.2 Å². The fourth-order valence-electron chi connectivity index (χ4n) is 8.07. The van der Waals surface area contributed by atoms with Crippen LogP contribution in [0.2, 0.25) is 0 Å². The summed E-state index contributed by atoms with van der Waals surface area (Å²) in [6.07, 6.45) is 11.3. The van der Waals surface area contributed by atoms with Crippen LogP contribution in [0.15, 0.2) is 24.3 Å². The Bertz CT molecular complexity index is 1230. The van der Waals surface area contributed by atoms with Crippen LogP contribution in [0.5, 0.6) is 23.0 Å². The van der Waals surface area contributed by atoms with E-state index in [1.165, 1.54) is 74.7 Å². The Balaban J connectivity index is 1.34. The van der Waals surface area contributed by atoms with Crippen LogP contribution >= 0.6 is 0 Å². The van der Waals surface area contributed by atoms with Gasteiger partial charge in [-0.3, -0.25) is 0 Å². The Labute approximate surface area is 257 Å². The molecule has 0 aliphatic carbocycles. The first-order valence-electron chi connectivity index (χ1n) is 15.6. The molecule has 4 aliphatic heterocycles. The van der Waals surface area contributed by atoms with Crippen molar-refractivity contribution in [2.45, 2.75) is 78.2 Å². The molecule has 6 nitrogen and oxygen atoms in total. The van der Waals surface area contributed by atoms with Crippen molar-refractivity contribution in [3.63, 3.8) is 0 Å². The number of nitrogens with one attached hydrogen (secondary N) is 1. The van der Waals surface area contributed by atoms with Gasteiger partial charge in [0.15, 0.2) is 0 Å².